The number of carbonyl (C=O) groups is 1. The number of nitrogens with zero attached hydrogens (tertiary/aromatic N) is 1. The van der Waals surface area contributed by atoms with E-state index in [0.29, 0.717) is 22.6 Å². The highest BCUT2D eigenvalue weighted by Gasteiger charge is 2.14. The molecule has 0 saturated carbocycles. The van der Waals surface area contributed by atoms with Gasteiger partial charge in [0.2, 0.25) is 0 Å². The minimum Gasteiger partial charge on any atom is -0.298 e. The van der Waals surface area contributed by atoms with Crippen molar-refractivity contribution in [3.63, 3.8) is 0 Å². The number of aldehydes is 1. The number of aromatic amines is 1. The number of benzene rings is 1. The topological polar surface area (TPSA) is 54.9 Å². The van der Waals surface area contributed by atoms with Gasteiger partial charge >= 0.3 is 0 Å². The molecule has 0 saturated heterocycles. The maximum Gasteiger partial charge on any atom is 0.277 e. The molecule has 2 rings (SSSR count). The van der Waals surface area contributed by atoms with Crippen LogP contribution < -0.4 is 5.56 Å². The number of aryl methyl sites for hydroxylation is 1. The van der Waals surface area contributed by atoms with Crippen molar-refractivity contribution in [1.82, 2.24) is 9.78 Å². The Morgan fingerprint density at radius 1 is 1.38 bits per heavy atom. The fourth-order valence-corrected chi connectivity index (χ4v) is 1.78. The number of rotatable bonds is 2. The molecule has 5 heteroatoms. The van der Waals surface area contributed by atoms with Crippen molar-refractivity contribution in [2.45, 2.75) is 0 Å². The molecule has 0 unspecified atom stereocenters. The molecule has 0 aliphatic carbocycles. The summed E-state index contributed by atoms with van der Waals surface area (Å²) in [7, 11) is 1.55. The third kappa shape index (κ3) is 1.57. The van der Waals surface area contributed by atoms with Gasteiger partial charge in [-0.25, -0.2) is 0 Å². The summed E-state index contributed by atoms with van der Waals surface area (Å²) >= 11 is 6.00. The van der Waals surface area contributed by atoms with Crippen LogP contribution in [0.15, 0.2) is 29.1 Å². The summed E-state index contributed by atoms with van der Waals surface area (Å²) in [5.74, 6) is 0. The first-order valence-corrected chi connectivity index (χ1v) is 5.02. The number of nitrogens with one attached hydrogen (secondary N) is 1. The van der Waals surface area contributed by atoms with Gasteiger partial charge in [0.25, 0.3) is 5.56 Å². The monoisotopic (exact) mass is 236 g/mol. The van der Waals surface area contributed by atoms with E-state index in [0.717, 1.165) is 0 Å². The molecule has 4 nitrogen and oxygen atoms in total. The van der Waals surface area contributed by atoms with E-state index in [4.69, 9.17) is 11.6 Å². The molecular weight excluding hydrogens is 228 g/mol. The van der Waals surface area contributed by atoms with Gasteiger partial charge in [-0.2, -0.15) is 0 Å². The van der Waals surface area contributed by atoms with Crippen LogP contribution in [0.2, 0.25) is 5.02 Å². The fourth-order valence-electron chi connectivity index (χ4n) is 1.54. The zero-order chi connectivity index (χ0) is 11.7. The molecule has 0 radical (unpaired) electrons. The second kappa shape index (κ2) is 3.98. The molecule has 0 atom stereocenters. The quantitative estimate of drug-likeness (QED) is 0.809. The lowest BCUT2D eigenvalue weighted by Gasteiger charge is -2.01. The number of H-pyrrole nitrogens is 1. The first-order valence-electron chi connectivity index (χ1n) is 4.64. The highest BCUT2D eigenvalue weighted by Crippen LogP contribution is 2.26. The summed E-state index contributed by atoms with van der Waals surface area (Å²) in [5, 5.41) is 3.30. The second-order valence-electron chi connectivity index (χ2n) is 3.36. The predicted molar refractivity (Wildman–Crippen MR) is 61.9 cm³/mol. The number of halogens is 1. The van der Waals surface area contributed by atoms with Gasteiger partial charge < -0.3 is 0 Å². The van der Waals surface area contributed by atoms with Gasteiger partial charge in [-0.3, -0.25) is 19.4 Å². The SMILES string of the molecule is Cn1[nH]c(-c2ccccc2Cl)c(C=O)c1=O. The van der Waals surface area contributed by atoms with Crippen LogP contribution in [-0.4, -0.2) is 16.1 Å². The van der Waals surface area contributed by atoms with E-state index in [1.54, 1.807) is 31.3 Å². The Kier molecular flexibility index (Phi) is 2.66. The van der Waals surface area contributed by atoms with Crippen molar-refractivity contribution in [3.8, 4) is 11.3 Å². The Bertz CT molecular complexity index is 598. The number of hydrogen-bond acceptors (Lipinski definition) is 2. The molecule has 82 valence electrons. The van der Waals surface area contributed by atoms with E-state index in [-0.39, 0.29) is 11.1 Å². The molecule has 1 aromatic carbocycles. The first kappa shape index (κ1) is 10.7. The van der Waals surface area contributed by atoms with E-state index in [9.17, 15) is 9.59 Å². The largest absolute Gasteiger partial charge is 0.298 e. The van der Waals surface area contributed by atoms with Crippen LogP contribution in [0.25, 0.3) is 11.3 Å². The molecule has 1 N–H and O–H groups in total. The van der Waals surface area contributed by atoms with Gasteiger partial charge in [-0.15, -0.1) is 0 Å². The summed E-state index contributed by atoms with van der Waals surface area (Å²) in [4.78, 5) is 22.4. The van der Waals surface area contributed by atoms with E-state index >= 15 is 0 Å². The van der Waals surface area contributed by atoms with Crippen LogP contribution in [0, 0.1) is 0 Å². The summed E-state index contributed by atoms with van der Waals surface area (Å²) in [6, 6.07) is 7.03. The maximum absolute atomic E-state index is 11.6. The summed E-state index contributed by atoms with van der Waals surface area (Å²) in [6.07, 6.45) is 0.539. The standard InChI is InChI=1S/C11H9ClN2O2/c1-14-11(16)8(6-15)10(13-14)7-4-2-3-5-9(7)12/h2-6,13H,1H3. The van der Waals surface area contributed by atoms with Crippen molar-refractivity contribution < 1.29 is 4.79 Å². The Hall–Kier alpha value is -1.81. The number of aromatic nitrogens is 2. The minimum atomic E-state index is -0.357. The van der Waals surface area contributed by atoms with Crippen LogP contribution in [0.3, 0.4) is 0 Å². The van der Waals surface area contributed by atoms with Crippen LogP contribution in [0.1, 0.15) is 10.4 Å². The number of carbonyl (C=O) groups excluding carboxylic acids is 1. The van der Waals surface area contributed by atoms with Crippen LogP contribution in [0.5, 0.6) is 0 Å². The number of hydrogen-bond donors (Lipinski definition) is 1. The Morgan fingerprint density at radius 2 is 2.06 bits per heavy atom. The van der Waals surface area contributed by atoms with Gasteiger partial charge in [0, 0.05) is 17.6 Å². The zero-order valence-corrected chi connectivity index (χ0v) is 9.28. The lowest BCUT2D eigenvalue weighted by molar-refractivity contribution is 0.112. The molecule has 0 bridgehead atoms. The molecular formula is C11H9ClN2O2. The third-order valence-electron chi connectivity index (χ3n) is 2.34. The Balaban J connectivity index is 2.75. The average molecular weight is 237 g/mol. The normalized spacial score (nSPS) is 10.4. The maximum atomic E-state index is 11.6. The summed E-state index contributed by atoms with van der Waals surface area (Å²) in [5.41, 5.74) is 0.831. The molecule has 0 fully saturated rings. The van der Waals surface area contributed by atoms with Gasteiger partial charge in [-0.05, 0) is 6.07 Å². The summed E-state index contributed by atoms with van der Waals surface area (Å²) in [6.45, 7) is 0. The molecule has 0 spiro atoms. The lowest BCUT2D eigenvalue weighted by atomic mass is 10.1. The minimum absolute atomic E-state index is 0.0931. The van der Waals surface area contributed by atoms with Crippen molar-refractivity contribution in [1.29, 1.82) is 0 Å². The molecule has 0 aliphatic heterocycles. The smallest absolute Gasteiger partial charge is 0.277 e. The molecule has 16 heavy (non-hydrogen) atoms. The summed E-state index contributed by atoms with van der Waals surface area (Å²) < 4.78 is 1.25. The van der Waals surface area contributed by atoms with Gasteiger partial charge in [0.15, 0.2) is 6.29 Å². The van der Waals surface area contributed by atoms with Crippen molar-refractivity contribution in [2.75, 3.05) is 0 Å². The van der Waals surface area contributed by atoms with Crippen molar-refractivity contribution in [3.05, 3.63) is 45.2 Å². The van der Waals surface area contributed by atoms with Gasteiger partial charge in [-0.1, -0.05) is 29.8 Å². The Morgan fingerprint density at radius 3 is 2.69 bits per heavy atom. The molecule has 1 aromatic heterocycles. The lowest BCUT2D eigenvalue weighted by Crippen LogP contribution is -2.14. The Labute approximate surface area is 96.5 Å². The van der Waals surface area contributed by atoms with Crippen LogP contribution in [-0.2, 0) is 7.05 Å². The fraction of sp³-hybridized carbons (Fsp3) is 0.0909. The van der Waals surface area contributed by atoms with Crippen molar-refractivity contribution in [2.24, 2.45) is 7.05 Å². The van der Waals surface area contributed by atoms with Gasteiger partial charge in [0.1, 0.15) is 5.56 Å². The van der Waals surface area contributed by atoms with Crippen molar-refractivity contribution >= 4 is 17.9 Å². The van der Waals surface area contributed by atoms with E-state index < -0.39 is 0 Å². The molecule has 1 heterocycles. The first-order chi connectivity index (χ1) is 7.65. The zero-order valence-electron chi connectivity index (χ0n) is 8.53. The highest BCUT2D eigenvalue weighted by molar-refractivity contribution is 6.33. The van der Waals surface area contributed by atoms with E-state index in [2.05, 4.69) is 5.10 Å². The van der Waals surface area contributed by atoms with Crippen LogP contribution >= 0.6 is 11.6 Å². The highest BCUT2D eigenvalue weighted by atomic mass is 35.5. The third-order valence-corrected chi connectivity index (χ3v) is 2.67. The average Bonchev–Trinajstić information content (AvgIpc) is 2.56. The van der Waals surface area contributed by atoms with E-state index in [1.165, 1.54) is 4.68 Å². The predicted octanol–water partition coefficient (Wildman–Crippen LogP) is 1.85. The van der Waals surface area contributed by atoms with Crippen LogP contribution in [0.4, 0.5) is 0 Å². The molecule has 0 amide bonds. The second-order valence-corrected chi connectivity index (χ2v) is 3.77. The van der Waals surface area contributed by atoms with Gasteiger partial charge in [0.05, 0.1) is 5.69 Å². The molecule has 0 aliphatic rings. The molecule has 2 aromatic rings. The van der Waals surface area contributed by atoms with E-state index in [1.807, 2.05) is 0 Å².